The molecule has 3 aromatic carbocycles. The highest BCUT2D eigenvalue weighted by atomic mass is 35.5. The number of nitrogens with one attached hydrogen (secondary N) is 1. The fraction of sp³-hybridized carbons (Fsp3) is 0.214. The van der Waals surface area contributed by atoms with Crippen molar-refractivity contribution in [3.05, 3.63) is 77.3 Å². The van der Waals surface area contributed by atoms with Crippen LogP contribution < -0.4 is 14.8 Å². The summed E-state index contributed by atoms with van der Waals surface area (Å²) >= 11 is 7.49. The zero-order valence-electron chi connectivity index (χ0n) is 21.0. The molecule has 4 aromatic rings. The fourth-order valence-electron chi connectivity index (χ4n) is 3.60. The van der Waals surface area contributed by atoms with Gasteiger partial charge < -0.3 is 14.8 Å². The van der Waals surface area contributed by atoms with Crippen molar-refractivity contribution < 1.29 is 14.3 Å². The average molecular weight is 535 g/mol. The number of aromatic nitrogens is 3. The van der Waals surface area contributed by atoms with Gasteiger partial charge in [-0.3, -0.25) is 4.79 Å². The molecule has 1 N–H and O–H groups in total. The topological polar surface area (TPSA) is 86.2 Å². The van der Waals surface area contributed by atoms with Gasteiger partial charge >= 0.3 is 0 Å². The number of hydrogen-bond donors (Lipinski definition) is 1. The van der Waals surface area contributed by atoms with Gasteiger partial charge in [-0.05, 0) is 79.6 Å². The lowest BCUT2D eigenvalue weighted by Gasteiger charge is -2.15. The van der Waals surface area contributed by atoms with Crippen LogP contribution in [0.1, 0.15) is 18.9 Å². The van der Waals surface area contributed by atoms with Gasteiger partial charge in [0.1, 0.15) is 22.9 Å². The molecule has 0 aliphatic rings. The third-order valence-electron chi connectivity index (χ3n) is 5.74. The summed E-state index contributed by atoms with van der Waals surface area (Å²) in [5, 5.41) is 12.4. The minimum Gasteiger partial charge on any atom is -0.497 e. The molecule has 0 aliphatic heterocycles. The number of anilines is 1. The highest BCUT2D eigenvalue weighted by molar-refractivity contribution is 8.00. The van der Waals surface area contributed by atoms with Crippen LogP contribution in [-0.4, -0.2) is 40.6 Å². The molecule has 1 atom stereocenters. The maximum absolute atomic E-state index is 13.0. The quantitative estimate of drug-likeness (QED) is 0.239. The van der Waals surface area contributed by atoms with Crippen LogP contribution >= 0.6 is 23.4 Å². The normalized spacial score (nSPS) is 11.6. The van der Waals surface area contributed by atoms with Gasteiger partial charge in [-0.2, -0.15) is 0 Å². The molecule has 0 radical (unpaired) electrons. The number of benzene rings is 3. The smallest absolute Gasteiger partial charge is 0.237 e. The number of hydrogen-bond acceptors (Lipinski definition) is 7. The molecule has 37 heavy (non-hydrogen) atoms. The zero-order valence-corrected chi connectivity index (χ0v) is 22.6. The molecule has 9 heteroatoms. The van der Waals surface area contributed by atoms with Gasteiger partial charge in [0.25, 0.3) is 0 Å². The first kappa shape index (κ1) is 26.4. The summed E-state index contributed by atoms with van der Waals surface area (Å²) in [7, 11) is 3.25. The number of methoxy groups -OCH3 is 2. The van der Waals surface area contributed by atoms with Gasteiger partial charge in [-0.15, -0.1) is 10.2 Å². The summed E-state index contributed by atoms with van der Waals surface area (Å²) in [6, 6.07) is 20.6. The number of halogens is 1. The lowest BCUT2D eigenvalue weighted by atomic mass is 10.0. The van der Waals surface area contributed by atoms with E-state index < -0.39 is 5.25 Å². The van der Waals surface area contributed by atoms with E-state index in [0.29, 0.717) is 33.7 Å². The maximum atomic E-state index is 13.0. The van der Waals surface area contributed by atoms with Crippen LogP contribution in [-0.2, 0) is 4.79 Å². The van der Waals surface area contributed by atoms with Crippen molar-refractivity contribution in [3.8, 4) is 34.0 Å². The van der Waals surface area contributed by atoms with Crippen LogP contribution in [0, 0.1) is 6.92 Å². The molecular formula is C28H27ClN4O3S. The molecule has 190 valence electrons. The van der Waals surface area contributed by atoms with Gasteiger partial charge in [0.05, 0.1) is 19.5 Å². The van der Waals surface area contributed by atoms with Crippen LogP contribution in [0.3, 0.4) is 0 Å². The standard InChI is InChI=1S/C28H27ClN4O3S/c1-5-24(27(34)30-20-11-6-17(2)23(29)16-20)37-28-31-25(18-7-12-21(35-3)13-8-18)26(32-33-28)19-9-14-22(36-4)15-10-19/h6-16,24H,5H2,1-4H3,(H,30,34). The highest BCUT2D eigenvalue weighted by Crippen LogP contribution is 2.33. The molecular weight excluding hydrogens is 508 g/mol. The first-order valence-corrected chi connectivity index (χ1v) is 12.9. The van der Waals surface area contributed by atoms with E-state index in [2.05, 4.69) is 15.5 Å². The summed E-state index contributed by atoms with van der Waals surface area (Å²) in [5.74, 6) is 1.33. The number of rotatable bonds is 9. The Morgan fingerprint density at radius 1 is 0.919 bits per heavy atom. The Bertz CT molecular complexity index is 1380. The average Bonchev–Trinajstić information content (AvgIpc) is 2.93. The summed E-state index contributed by atoms with van der Waals surface area (Å²) in [4.78, 5) is 17.9. The van der Waals surface area contributed by atoms with Gasteiger partial charge in [-0.25, -0.2) is 4.98 Å². The molecule has 0 bridgehead atoms. The van der Waals surface area contributed by atoms with Crippen molar-refractivity contribution in [2.45, 2.75) is 30.7 Å². The number of carbonyl (C=O) groups excluding carboxylic acids is 1. The number of nitrogens with zero attached hydrogens (tertiary/aromatic N) is 3. The minimum atomic E-state index is -0.419. The molecule has 0 spiro atoms. The third kappa shape index (κ3) is 6.39. The molecule has 4 rings (SSSR count). The van der Waals surface area contributed by atoms with E-state index in [9.17, 15) is 4.79 Å². The molecule has 1 aromatic heterocycles. The Balaban J connectivity index is 1.64. The summed E-state index contributed by atoms with van der Waals surface area (Å²) in [5.41, 5.74) is 4.59. The zero-order chi connectivity index (χ0) is 26.4. The van der Waals surface area contributed by atoms with E-state index in [1.165, 1.54) is 11.8 Å². The molecule has 1 unspecified atom stereocenters. The highest BCUT2D eigenvalue weighted by Gasteiger charge is 2.22. The van der Waals surface area contributed by atoms with Crippen molar-refractivity contribution in [1.82, 2.24) is 15.2 Å². The second-order valence-electron chi connectivity index (χ2n) is 8.22. The van der Waals surface area contributed by atoms with E-state index in [1.807, 2.05) is 74.5 Å². The van der Waals surface area contributed by atoms with E-state index in [1.54, 1.807) is 20.3 Å². The molecule has 1 amide bonds. The first-order valence-electron chi connectivity index (χ1n) is 11.7. The number of carbonyl (C=O) groups is 1. The Labute approximate surface area is 225 Å². The van der Waals surface area contributed by atoms with Crippen molar-refractivity contribution in [3.63, 3.8) is 0 Å². The van der Waals surface area contributed by atoms with Crippen LogP contribution in [0.2, 0.25) is 5.02 Å². The van der Waals surface area contributed by atoms with Gasteiger partial charge in [0.15, 0.2) is 0 Å². The van der Waals surface area contributed by atoms with Gasteiger partial charge in [-0.1, -0.05) is 36.4 Å². The summed E-state index contributed by atoms with van der Waals surface area (Å²) in [6.45, 7) is 3.86. The Kier molecular flexibility index (Phi) is 8.63. The Hall–Kier alpha value is -3.62. The van der Waals surface area contributed by atoms with Crippen molar-refractivity contribution in [2.24, 2.45) is 0 Å². The van der Waals surface area contributed by atoms with Crippen molar-refractivity contribution in [2.75, 3.05) is 19.5 Å². The predicted octanol–water partition coefficient (Wildman–Crippen LogP) is 6.69. The Morgan fingerprint density at radius 2 is 1.51 bits per heavy atom. The van der Waals surface area contributed by atoms with E-state index in [-0.39, 0.29) is 5.91 Å². The maximum Gasteiger partial charge on any atom is 0.237 e. The van der Waals surface area contributed by atoms with Crippen LogP contribution in [0.15, 0.2) is 71.9 Å². The van der Waals surface area contributed by atoms with Crippen molar-refractivity contribution in [1.29, 1.82) is 0 Å². The second kappa shape index (κ2) is 12.1. The molecule has 0 saturated carbocycles. The van der Waals surface area contributed by atoms with Crippen LogP contribution in [0.25, 0.3) is 22.5 Å². The predicted molar refractivity (Wildman–Crippen MR) is 149 cm³/mol. The van der Waals surface area contributed by atoms with Gasteiger partial charge in [0, 0.05) is 21.8 Å². The monoisotopic (exact) mass is 534 g/mol. The Morgan fingerprint density at radius 3 is 2.05 bits per heavy atom. The van der Waals surface area contributed by atoms with E-state index >= 15 is 0 Å². The largest absolute Gasteiger partial charge is 0.497 e. The second-order valence-corrected chi connectivity index (χ2v) is 9.79. The molecule has 7 nitrogen and oxygen atoms in total. The lowest BCUT2D eigenvalue weighted by Crippen LogP contribution is -2.25. The van der Waals surface area contributed by atoms with Crippen LogP contribution in [0.5, 0.6) is 11.5 Å². The van der Waals surface area contributed by atoms with Gasteiger partial charge in [0.2, 0.25) is 11.1 Å². The first-order chi connectivity index (χ1) is 17.9. The summed E-state index contributed by atoms with van der Waals surface area (Å²) in [6.07, 6.45) is 0.581. The SMILES string of the molecule is CCC(Sc1nnc(-c2ccc(OC)cc2)c(-c2ccc(OC)cc2)n1)C(=O)Nc1ccc(C)c(Cl)c1. The van der Waals surface area contributed by atoms with Crippen molar-refractivity contribution >= 4 is 35.0 Å². The minimum absolute atomic E-state index is 0.152. The van der Waals surface area contributed by atoms with E-state index in [4.69, 9.17) is 26.1 Å². The number of aryl methyl sites for hydroxylation is 1. The number of thioether (sulfide) groups is 1. The fourth-order valence-corrected chi connectivity index (χ4v) is 4.60. The molecule has 0 saturated heterocycles. The van der Waals surface area contributed by atoms with E-state index in [0.717, 1.165) is 28.2 Å². The summed E-state index contributed by atoms with van der Waals surface area (Å²) < 4.78 is 10.6. The number of amides is 1. The van der Waals surface area contributed by atoms with Crippen LogP contribution in [0.4, 0.5) is 5.69 Å². The molecule has 0 aliphatic carbocycles. The molecule has 1 heterocycles. The molecule has 0 fully saturated rings. The lowest BCUT2D eigenvalue weighted by molar-refractivity contribution is -0.115. The third-order valence-corrected chi connectivity index (χ3v) is 7.37. The number of ether oxygens (including phenoxy) is 2.